The number of ether oxygens (including phenoxy) is 3. The van der Waals surface area contributed by atoms with Gasteiger partial charge in [-0.1, -0.05) is 12.5 Å². The fourth-order valence-electron chi connectivity index (χ4n) is 3.02. The molecule has 0 aromatic heterocycles. The molecule has 1 amide bonds. The van der Waals surface area contributed by atoms with Crippen LogP contribution in [0.3, 0.4) is 0 Å². The standard InChI is InChI=1S/C18H23NO5S/c1-22-17(21)5-3-2-4-8-19-16(20)12-25-18(19)13-6-7-14-15(11-13)24-10-9-23-14/h6-7,11,18H,2-5,8-10,12H2,1H3. The average molecular weight is 365 g/mol. The lowest BCUT2D eigenvalue weighted by Crippen LogP contribution is -2.29. The molecule has 1 unspecified atom stereocenters. The van der Waals surface area contributed by atoms with Crippen LogP contribution >= 0.6 is 11.8 Å². The SMILES string of the molecule is COC(=O)CCCCCN1C(=O)CSC1c1ccc2c(c1)OCCO2. The van der Waals surface area contributed by atoms with Gasteiger partial charge in [0.2, 0.25) is 5.91 Å². The first-order valence-corrected chi connectivity index (χ1v) is 9.61. The zero-order valence-corrected chi connectivity index (χ0v) is 15.2. The van der Waals surface area contributed by atoms with Gasteiger partial charge in [-0.2, -0.15) is 0 Å². The minimum Gasteiger partial charge on any atom is -0.486 e. The molecule has 0 spiro atoms. The topological polar surface area (TPSA) is 65.1 Å². The molecule has 136 valence electrons. The Morgan fingerprint density at radius 3 is 2.84 bits per heavy atom. The summed E-state index contributed by atoms with van der Waals surface area (Å²) in [4.78, 5) is 25.3. The Kier molecular flexibility index (Phi) is 6.07. The van der Waals surface area contributed by atoms with Crippen molar-refractivity contribution in [2.75, 3.05) is 32.6 Å². The zero-order chi connectivity index (χ0) is 17.6. The van der Waals surface area contributed by atoms with Crippen molar-refractivity contribution in [3.05, 3.63) is 23.8 Å². The molecule has 0 aliphatic carbocycles. The molecular weight excluding hydrogens is 342 g/mol. The van der Waals surface area contributed by atoms with E-state index in [1.54, 1.807) is 11.8 Å². The highest BCUT2D eigenvalue weighted by Crippen LogP contribution is 2.42. The Bertz CT molecular complexity index is 636. The largest absolute Gasteiger partial charge is 0.486 e. The van der Waals surface area contributed by atoms with Crippen LogP contribution in [0.15, 0.2) is 18.2 Å². The number of carbonyl (C=O) groups is 2. The molecule has 25 heavy (non-hydrogen) atoms. The summed E-state index contributed by atoms with van der Waals surface area (Å²) in [7, 11) is 1.40. The molecule has 3 rings (SSSR count). The molecule has 1 fully saturated rings. The summed E-state index contributed by atoms with van der Waals surface area (Å²) in [6, 6.07) is 5.91. The van der Waals surface area contributed by atoms with E-state index in [0.29, 0.717) is 31.9 Å². The van der Waals surface area contributed by atoms with Crippen LogP contribution in [-0.4, -0.2) is 49.4 Å². The van der Waals surface area contributed by atoms with Gasteiger partial charge in [-0.05, 0) is 30.5 Å². The van der Waals surface area contributed by atoms with Crippen LogP contribution in [0.5, 0.6) is 11.5 Å². The molecule has 0 bridgehead atoms. The predicted molar refractivity (Wildman–Crippen MR) is 94.8 cm³/mol. The number of amides is 1. The van der Waals surface area contributed by atoms with Crippen molar-refractivity contribution in [2.24, 2.45) is 0 Å². The smallest absolute Gasteiger partial charge is 0.305 e. The van der Waals surface area contributed by atoms with Crippen molar-refractivity contribution in [2.45, 2.75) is 31.1 Å². The number of unbranched alkanes of at least 4 members (excludes halogenated alkanes) is 2. The Hall–Kier alpha value is -1.89. The number of hydrogen-bond donors (Lipinski definition) is 0. The number of hydrogen-bond acceptors (Lipinski definition) is 6. The number of fused-ring (bicyclic) bond motifs is 1. The number of benzene rings is 1. The van der Waals surface area contributed by atoms with Gasteiger partial charge in [-0.25, -0.2) is 0 Å². The molecule has 0 N–H and O–H groups in total. The maximum absolute atomic E-state index is 12.2. The van der Waals surface area contributed by atoms with E-state index >= 15 is 0 Å². The van der Waals surface area contributed by atoms with E-state index in [1.807, 2.05) is 23.1 Å². The first kappa shape index (κ1) is 17.9. The Balaban J connectivity index is 1.57. The van der Waals surface area contributed by atoms with Gasteiger partial charge in [-0.15, -0.1) is 11.8 Å². The highest BCUT2D eigenvalue weighted by atomic mass is 32.2. The fourth-order valence-corrected chi connectivity index (χ4v) is 4.22. The molecule has 1 aromatic rings. The minimum absolute atomic E-state index is 0.0175. The highest BCUT2D eigenvalue weighted by Gasteiger charge is 2.33. The minimum atomic E-state index is -0.179. The van der Waals surface area contributed by atoms with Crippen LogP contribution in [0.2, 0.25) is 0 Å². The Labute approximate surface area is 151 Å². The maximum Gasteiger partial charge on any atom is 0.305 e. The van der Waals surface area contributed by atoms with E-state index in [0.717, 1.165) is 36.3 Å². The lowest BCUT2D eigenvalue weighted by Gasteiger charge is -2.26. The van der Waals surface area contributed by atoms with Gasteiger partial charge >= 0.3 is 5.97 Å². The van der Waals surface area contributed by atoms with Crippen molar-refractivity contribution < 1.29 is 23.8 Å². The second-order valence-electron chi connectivity index (χ2n) is 6.04. The Morgan fingerprint density at radius 1 is 1.24 bits per heavy atom. The van der Waals surface area contributed by atoms with E-state index in [9.17, 15) is 9.59 Å². The molecule has 0 saturated carbocycles. The van der Waals surface area contributed by atoms with Gasteiger partial charge in [0.1, 0.15) is 18.6 Å². The van der Waals surface area contributed by atoms with Crippen molar-refractivity contribution in [3.63, 3.8) is 0 Å². The molecule has 7 heteroatoms. The molecule has 2 heterocycles. The van der Waals surface area contributed by atoms with Crippen molar-refractivity contribution in [3.8, 4) is 11.5 Å². The number of nitrogens with zero attached hydrogens (tertiary/aromatic N) is 1. The van der Waals surface area contributed by atoms with Gasteiger partial charge in [0.15, 0.2) is 11.5 Å². The molecular formula is C18H23NO5S. The second kappa shape index (κ2) is 8.47. The van der Waals surface area contributed by atoms with Gasteiger partial charge in [-0.3, -0.25) is 9.59 Å². The molecule has 2 aliphatic heterocycles. The van der Waals surface area contributed by atoms with Gasteiger partial charge in [0.25, 0.3) is 0 Å². The van der Waals surface area contributed by atoms with Gasteiger partial charge in [0, 0.05) is 13.0 Å². The van der Waals surface area contributed by atoms with Crippen LogP contribution < -0.4 is 9.47 Å². The summed E-state index contributed by atoms with van der Waals surface area (Å²) in [5.41, 5.74) is 1.06. The normalized spacial score (nSPS) is 19.2. The third-order valence-electron chi connectivity index (χ3n) is 4.33. The van der Waals surface area contributed by atoms with Crippen molar-refractivity contribution in [1.29, 1.82) is 0 Å². The van der Waals surface area contributed by atoms with E-state index in [1.165, 1.54) is 7.11 Å². The summed E-state index contributed by atoms with van der Waals surface area (Å²) in [6.45, 7) is 1.82. The van der Waals surface area contributed by atoms with Crippen LogP contribution in [-0.2, 0) is 14.3 Å². The number of thioether (sulfide) groups is 1. The second-order valence-corrected chi connectivity index (χ2v) is 7.11. The molecule has 1 saturated heterocycles. The lowest BCUT2D eigenvalue weighted by molar-refractivity contribution is -0.140. The third-order valence-corrected chi connectivity index (χ3v) is 5.58. The Morgan fingerprint density at radius 2 is 2.04 bits per heavy atom. The van der Waals surface area contributed by atoms with E-state index < -0.39 is 0 Å². The van der Waals surface area contributed by atoms with Crippen LogP contribution in [0, 0.1) is 0 Å². The number of rotatable bonds is 7. The summed E-state index contributed by atoms with van der Waals surface area (Å²) < 4.78 is 15.8. The summed E-state index contributed by atoms with van der Waals surface area (Å²) in [5.74, 6) is 2.00. The number of carbonyl (C=O) groups excluding carboxylic acids is 2. The van der Waals surface area contributed by atoms with Crippen molar-refractivity contribution >= 4 is 23.6 Å². The van der Waals surface area contributed by atoms with E-state index in [-0.39, 0.29) is 17.3 Å². The third kappa shape index (κ3) is 4.39. The maximum atomic E-state index is 12.2. The monoisotopic (exact) mass is 365 g/mol. The molecule has 1 aromatic carbocycles. The van der Waals surface area contributed by atoms with E-state index in [2.05, 4.69) is 4.74 Å². The van der Waals surface area contributed by atoms with Gasteiger partial charge in [0.05, 0.1) is 12.9 Å². The van der Waals surface area contributed by atoms with E-state index in [4.69, 9.17) is 9.47 Å². The molecule has 0 radical (unpaired) electrons. The number of esters is 1. The van der Waals surface area contributed by atoms with Crippen molar-refractivity contribution in [1.82, 2.24) is 4.90 Å². The summed E-state index contributed by atoms with van der Waals surface area (Å²) in [5, 5.41) is 0.0175. The fraction of sp³-hybridized carbons (Fsp3) is 0.556. The first-order valence-electron chi connectivity index (χ1n) is 8.56. The quantitative estimate of drug-likeness (QED) is 0.547. The zero-order valence-electron chi connectivity index (χ0n) is 14.4. The van der Waals surface area contributed by atoms with Crippen LogP contribution in [0.1, 0.15) is 36.6 Å². The number of methoxy groups -OCH3 is 1. The summed E-state index contributed by atoms with van der Waals surface area (Å²) in [6.07, 6.45) is 3.00. The predicted octanol–water partition coefficient (Wildman–Crippen LogP) is 2.77. The average Bonchev–Trinajstić information content (AvgIpc) is 3.01. The first-order chi connectivity index (χ1) is 12.2. The highest BCUT2D eigenvalue weighted by molar-refractivity contribution is 8.00. The summed E-state index contributed by atoms with van der Waals surface area (Å²) >= 11 is 1.64. The van der Waals surface area contributed by atoms with Crippen LogP contribution in [0.4, 0.5) is 0 Å². The van der Waals surface area contributed by atoms with Gasteiger partial charge < -0.3 is 19.1 Å². The lowest BCUT2D eigenvalue weighted by atomic mass is 10.1. The molecule has 1 atom stereocenters. The van der Waals surface area contributed by atoms with Crippen LogP contribution in [0.25, 0.3) is 0 Å². The molecule has 6 nitrogen and oxygen atoms in total. The molecule has 2 aliphatic rings.